The molecule has 0 saturated heterocycles. The first-order valence-corrected chi connectivity index (χ1v) is 7.31. The summed E-state index contributed by atoms with van der Waals surface area (Å²) in [5, 5.41) is 0. The molecule has 0 amide bonds. The Morgan fingerprint density at radius 3 is 1.36 bits per heavy atom. The highest BCUT2D eigenvalue weighted by atomic mass is 14.6. The molecule has 0 radical (unpaired) electrons. The molecule has 2 aromatic carbocycles. The Hall–Kier alpha value is -2.93. The normalized spacial score (nSPS) is 11.3. The van der Waals surface area contributed by atoms with Crippen LogP contribution in [0.5, 0.6) is 0 Å². The number of benzene rings is 2. The highest BCUT2D eigenvalue weighted by molar-refractivity contribution is 5.72. The molecule has 22 heavy (non-hydrogen) atoms. The molecule has 0 spiro atoms. The van der Waals surface area contributed by atoms with Crippen LogP contribution in [0.2, 0.25) is 0 Å². The van der Waals surface area contributed by atoms with Crippen LogP contribution >= 0.6 is 0 Å². The Morgan fingerprint density at radius 2 is 0.864 bits per heavy atom. The Kier molecular flexibility index (Phi) is 4.58. The molecule has 0 fully saturated rings. The Balaban J connectivity index is 1.68. The van der Waals surface area contributed by atoms with E-state index in [1.54, 1.807) is 12.4 Å². The Morgan fingerprint density at radius 1 is 0.455 bits per heavy atom. The average molecular weight is 283 g/mol. The molecule has 0 aliphatic rings. The molecule has 0 unspecified atom stereocenters. The maximum absolute atomic E-state index is 4.02. The van der Waals surface area contributed by atoms with E-state index in [4.69, 9.17) is 0 Å². The van der Waals surface area contributed by atoms with Gasteiger partial charge in [0, 0.05) is 12.4 Å². The molecule has 3 aromatic rings. The summed E-state index contributed by atoms with van der Waals surface area (Å²) in [4.78, 5) is 4.02. The summed E-state index contributed by atoms with van der Waals surface area (Å²) in [5.41, 5.74) is 4.76. The van der Waals surface area contributed by atoms with Crippen molar-refractivity contribution >= 4 is 24.3 Å². The second-order valence-electron chi connectivity index (χ2n) is 5.02. The van der Waals surface area contributed by atoms with Crippen molar-refractivity contribution in [3.05, 3.63) is 101 Å². The quantitative estimate of drug-likeness (QED) is 0.582. The van der Waals surface area contributed by atoms with Crippen molar-refractivity contribution in [3.63, 3.8) is 0 Å². The van der Waals surface area contributed by atoms with Crippen LogP contribution in [-0.2, 0) is 0 Å². The minimum atomic E-state index is 1.16. The van der Waals surface area contributed by atoms with Crippen molar-refractivity contribution in [2.45, 2.75) is 0 Å². The van der Waals surface area contributed by atoms with Gasteiger partial charge in [0.15, 0.2) is 0 Å². The van der Waals surface area contributed by atoms with Gasteiger partial charge < -0.3 is 0 Å². The topological polar surface area (TPSA) is 12.9 Å². The predicted molar refractivity (Wildman–Crippen MR) is 95.0 cm³/mol. The van der Waals surface area contributed by atoms with Crippen LogP contribution < -0.4 is 0 Å². The highest BCUT2D eigenvalue weighted by Gasteiger charge is 1.90. The van der Waals surface area contributed by atoms with Crippen LogP contribution in [0.3, 0.4) is 0 Å². The van der Waals surface area contributed by atoms with E-state index in [1.807, 2.05) is 30.3 Å². The zero-order valence-corrected chi connectivity index (χ0v) is 12.3. The maximum atomic E-state index is 4.02. The molecule has 1 aromatic heterocycles. The van der Waals surface area contributed by atoms with Gasteiger partial charge >= 0.3 is 0 Å². The van der Waals surface area contributed by atoms with Gasteiger partial charge in [-0.05, 0) is 34.4 Å². The van der Waals surface area contributed by atoms with E-state index >= 15 is 0 Å². The lowest BCUT2D eigenvalue weighted by atomic mass is 10.1. The van der Waals surface area contributed by atoms with Gasteiger partial charge in [-0.25, -0.2) is 0 Å². The number of hydrogen-bond acceptors (Lipinski definition) is 1. The van der Waals surface area contributed by atoms with E-state index in [2.05, 4.69) is 65.7 Å². The van der Waals surface area contributed by atoms with E-state index < -0.39 is 0 Å². The lowest BCUT2D eigenvalue weighted by Crippen LogP contribution is -1.76. The summed E-state index contributed by atoms with van der Waals surface area (Å²) < 4.78 is 0. The van der Waals surface area contributed by atoms with Gasteiger partial charge in [-0.2, -0.15) is 0 Å². The summed E-state index contributed by atoms with van der Waals surface area (Å²) >= 11 is 0. The zero-order valence-electron chi connectivity index (χ0n) is 12.3. The maximum Gasteiger partial charge on any atom is 0.0273 e. The number of aromatic nitrogens is 1. The molecule has 1 heteroatoms. The molecule has 1 nitrogen and oxygen atoms in total. The third-order valence-corrected chi connectivity index (χ3v) is 3.38. The zero-order chi connectivity index (χ0) is 15.0. The molecule has 0 saturated carbocycles. The van der Waals surface area contributed by atoms with Crippen LogP contribution in [0, 0.1) is 0 Å². The molecule has 1 heterocycles. The fourth-order valence-electron chi connectivity index (χ4n) is 2.14. The fraction of sp³-hybridized carbons (Fsp3) is 0. The average Bonchev–Trinajstić information content (AvgIpc) is 2.61. The van der Waals surface area contributed by atoms with Gasteiger partial charge in [0.25, 0.3) is 0 Å². The van der Waals surface area contributed by atoms with E-state index in [0.29, 0.717) is 0 Å². The first-order chi connectivity index (χ1) is 10.9. The van der Waals surface area contributed by atoms with Gasteiger partial charge in [0.05, 0.1) is 0 Å². The van der Waals surface area contributed by atoms with Crippen LogP contribution in [0.15, 0.2) is 79.1 Å². The third kappa shape index (κ3) is 4.03. The van der Waals surface area contributed by atoms with E-state index in [9.17, 15) is 0 Å². The van der Waals surface area contributed by atoms with Gasteiger partial charge in [-0.15, -0.1) is 0 Å². The van der Waals surface area contributed by atoms with Gasteiger partial charge in [-0.1, -0.05) is 78.9 Å². The first-order valence-electron chi connectivity index (χ1n) is 7.31. The van der Waals surface area contributed by atoms with Gasteiger partial charge in [0.2, 0.25) is 0 Å². The summed E-state index contributed by atoms with van der Waals surface area (Å²) in [6, 6.07) is 22.8. The molecule has 3 rings (SSSR count). The summed E-state index contributed by atoms with van der Waals surface area (Å²) in [7, 11) is 0. The van der Waals surface area contributed by atoms with Crippen molar-refractivity contribution in [2.24, 2.45) is 0 Å². The second kappa shape index (κ2) is 7.19. The van der Waals surface area contributed by atoms with Crippen molar-refractivity contribution < 1.29 is 0 Å². The molecule has 0 aliphatic heterocycles. The number of hydrogen-bond donors (Lipinski definition) is 0. The minimum absolute atomic E-state index is 1.16. The Bertz CT molecular complexity index is 686. The molecular formula is C21H17N. The van der Waals surface area contributed by atoms with E-state index in [0.717, 1.165) is 5.56 Å². The van der Waals surface area contributed by atoms with Crippen LogP contribution in [0.1, 0.15) is 22.3 Å². The van der Waals surface area contributed by atoms with Gasteiger partial charge in [0.1, 0.15) is 0 Å². The molecule has 0 aliphatic carbocycles. The van der Waals surface area contributed by atoms with Crippen LogP contribution in [-0.4, -0.2) is 4.98 Å². The standard InChI is InChI=1S/C21H17N/c1-2-4-18(5-3-1)6-7-19-8-10-20(11-9-19)12-13-21-14-16-22-17-15-21/h1-17H/b7-6+,13-12+. The molecular weight excluding hydrogens is 266 g/mol. The summed E-state index contributed by atoms with van der Waals surface area (Å²) in [6.45, 7) is 0. The number of rotatable bonds is 4. The van der Waals surface area contributed by atoms with Crippen molar-refractivity contribution in [1.29, 1.82) is 0 Å². The SMILES string of the molecule is C(=C\c1ccc(/C=C/c2ccncc2)cc1)/c1ccccc1. The highest BCUT2D eigenvalue weighted by Crippen LogP contribution is 2.12. The van der Waals surface area contributed by atoms with Gasteiger partial charge in [-0.3, -0.25) is 4.98 Å². The molecule has 106 valence electrons. The largest absolute Gasteiger partial charge is 0.265 e. The van der Waals surface area contributed by atoms with Crippen molar-refractivity contribution in [3.8, 4) is 0 Å². The molecule has 0 N–H and O–H groups in total. The summed E-state index contributed by atoms with van der Waals surface area (Å²) in [6.07, 6.45) is 12.1. The lowest BCUT2D eigenvalue weighted by molar-refractivity contribution is 1.32. The van der Waals surface area contributed by atoms with E-state index in [1.165, 1.54) is 16.7 Å². The molecule has 0 bridgehead atoms. The Labute approximate surface area is 131 Å². The number of pyridine rings is 1. The smallest absolute Gasteiger partial charge is 0.0273 e. The minimum Gasteiger partial charge on any atom is -0.265 e. The fourth-order valence-corrected chi connectivity index (χ4v) is 2.14. The van der Waals surface area contributed by atoms with Crippen LogP contribution in [0.25, 0.3) is 24.3 Å². The summed E-state index contributed by atoms with van der Waals surface area (Å²) in [5.74, 6) is 0. The van der Waals surface area contributed by atoms with Crippen molar-refractivity contribution in [1.82, 2.24) is 4.98 Å². The van der Waals surface area contributed by atoms with E-state index in [-0.39, 0.29) is 0 Å². The number of nitrogens with zero attached hydrogens (tertiary/aromatic N) is 1. The third-order valence-electron chi connectivity index (χ3n) is 3.38. The van der Waals surface area contributed by atoms with Crippen LogP contribution in [0.4, 0.5) is 0 Å². The monoisotopic (exact) mass is 283 g/mol. The lowest BCUT2D eigenvalue weighted by Gasteiger charge is -1.97. The molecule has 0 atom stereocenters. The van der Waals surface area contributed by atoms with Crippen molar-refractivity contribution in [2.75, 3.05) is 0 Å². The predicted octanol–water partition coefficient (Wildman–Crippen LogP) is 5.42. The second-order valence-corrected chi connectivity index (χ2v) is 5.02. The first kappa shape index (κ1) is 14.0.